The van der Waals surface area contributed by atoms with Gasteiger partial charge in [0, 0.05) is 54.3 Å². The highest BCUT2D eigenvalue weighted by molar-refractivity contribution is 6.14. The van der Waals surface area contributed by atoms with E-state index in [0.717, 1.165) is 83.9 Å². The third kappa shape index (κ3) is 5.57. The van der Waals surface area contributed by atoms with Crippen molar-refractivity contribution in [3.63, 3.8) is 0 Å². The Morgan fingerprint density at radius 3 is 1.06 bits per heavy atom. The molecule has 15 rings (SSSR count). The highest BCUT2D eigenvalue weighted by atomic mass is 15.1. The largest absolute Gasteiger partial charge is 0.309 e. The molecule has 5 aromatic heterocycles. The normalized spacial score (nSPS) is 12.0. The Balaban J connectivity index is 1.10. The zero-order valence-electron chi connectivity index (χ0n) is 37.9. The lowest BCUT2D eigenvalue weighted by Gasteiger charge is -2.21. The molecule has 0 unspecified atom stereocenters. The smallest absolute Gasteiger partial charge is 0.140 e. The number of hydrogen-bond donors (Lipinski definition) is 0. The summed E-state index contributed by atoms with van der Waals surface area (Å²) in [6.45, 7) is 0. The Kier molecular flexibility index (Phi) is 8.29. The van der Waals surface area contributed by atoms with E-state index in [1.54, 1.807) is 0 Å². The fourth-order valence-electron chi connectivity index (χ4n) is 11.7. The summed E-state index contributed by atoms with van der Waals surface area (Å²) >= 11 is 0. The van der Waals surface area contributed by atoms with E-state index in [0.29, 0.717) is 0 Å². The van der Waals surface area contributed by atoms with Gasteiger partial charge >= 0.3 is 0 Å². The van der Waals surface area contributed by atoms with E-state index in [1.165, 1.54) is 48.6 Å². The molecule has 326 valence electrons. The standard InChI is InChI=1S/C65H41N5/c1-2-19-44(20-3-1)67-54-29-11-4-27-52(54)53-38-37-42(39-62(53)67)45-28-18-36-61(68-55-30-12-5-21-46(55)47-22-6-13-31-56(47)68)65(45)43-40-63(69-57-32-14-7-23-48(57)49-24-8-15-33-58(49)69)66-64(41-43)70-59-34-16-9-25-50(59)51-26-10-17-35-60(51)70/h1-41H. The average Bonchev–Trinajstić information content (AvgIpc) is 4.16. The molecule has 0 amide bonds. The third-order valence-electron chi connectivity index (χ3n) is 14.6. The van der Waals surface area contributed by atoms with Crippen LogP contribution in [0, 0.1) is 0 Å². The summed E-state index contributed by atoms with van der Waals surface area (Å²) in [6, 6.07) is 90.6. The van der Waals surface area contributed by atoms with Crippen LogP contribution in [-0.4, -0.2) is 23.3 Å². The van der Waals surface area contributed by atoms with Gasteiger partial charge in [-0.3, -0.25) is 9.13 Å². The van der Waals surface area contributed by atoms with E-state index < -0.39 is 0 Å². The van der Waals surface area contributed by atoms with Crippen LogP contribution in [0.15, 0.2) is 249 Å². The second-order valence-corrected chi connectivity index (χ2v) is 18.3. The van der Waals surface area contributed by atoms with Crippen LogP contribution < -0.4 is 0 Å². The van der Waals surface area contributed by atoms with Crippen molar-refractivity contribution < 1.29 is 0 Å². The van der Waals surface area contributed by atoms with Crippen molar-refractivity contribution >= 4 is 87.2 Å². The molecular weight excluding hydrogens is 851 g/mol. The number of rotatable bonds is 6. The number of hydrogen-bond acceptors (Lipinski definition) is 1. The second kappa shape index (κ2) is 15.0. The number of aromatic nitrogens is 5. The SMILES string of the molecule is c1ccc(-n2c3ccccc3c3ccc(-c4cccc(-n5c6ccccc6c6ccccc65)c4-c4cc(-n5c6ccccc6c6ccccc65)nc(-n5c6ccccc6c6ccccc65)c4)cc32)cc1. The summed E-state index contributed by atoms with van der Waals surface area (Å²) in [7, 11) is 0. The number of fused-ring (bicyclic) bond motifs is 12. The van der Waals surface area contributed by atoms with Gasteiger partial charge in [0.05, 0.1) is 49.8 Å². The van der Waals surface area contributed by atoms with Gasteiger partial charge in [0.15, 0.2) is 0 Å². The first-order chi connectivity index (χ1) is 34.8. The predicted octanol–water partition coefficient (Wildman–Crippen LogP) is 16.8. The zero-order valence-corrected chi connectivity index (χ0v) is 37.9. The molecule has 0 saturated heterocycles. The van der Waals surface area contributed by atoms with Gasteiger partial charge in [-0.2, -0.15) is 0 Å². The molecule has 70 heavy (non-hydrogen) atoms. The highest BCUT2D eigenvalue weighted by Crippen LogP contribution is 2.45. The summed E-state index contributed by atoms with van der Waals surface area (Å²) in [5, 5.41) is 9.65. The van der Waals surface area contributed by atoms with E-state index >= 15 is 0 Å². The van der Waals surface area contributed by atoms with Crippen LogP contribution in [-0.2, 0) is 0 Å². The van der Waals surface area contributed by atoms with Gasteiger partial charge in [-0.1, -0.05) is 170 Å². The van der Waals surface area contributed by atoms with E-state index in [9.17, 15) is 0 Å². The van der Waals surface area contributed by atoms with Gasteiger partial charge < -0.3 is 9.13 Å². The lowest BCUT2D eigenvalue weighted by molar-refractivity contribution is 1.01. The maximum absolute atomic E-state index is 5.77. The van der Waals surface area contributed by atoms with Crippen molar-refractivity contribution in [3.05, 3.63) is 249 Å². The van der Waals surface area contributed by atoms with Gasteiger partial charge in [-0.15, -0.1) is 0 Å². The molecule has 0 saturated carbocycles. The maximum atomic E-state index is 5.77. The van der Waals surface area contributed by atoms with Crippen molar-refractivity contribution in [2.45, 2.75) is 0 Å². The predicted molar refractivity (Wildman–Crippen MR) is 292 cm³/mol. The molecule has 0 N–H and O–H groups in total. The van der Waals surface area contributed by atoms with E-state index in [2.05, 4.69) is 267 Å². The first-order valence-electron chi connectivity index (χ1n) is 24.0. The van der Waals surface area contributed by atoms with Crippen LogP contribution in [0.4, 0.5) is 0 Å². The Bertz CT molecular complexity index is 4310. The molecule has 0 fully saturated rings. The first-order valence-corrected chi connectivity index (χ1v) is 24.0. The minimum absolute atomic E-state index is 0.842. The van der Waals surface area contributed by atoms with Crippen molar-refractivity contribution in [1.82, 2.24) is 23.3 Å². The molecule has 0 radical (unpaired) electrons. The van der Waals surface area contributed by atoms with Crippen LogP contribution in [0.2, 0.25) is 0 Å². The Labute approximate surface area is 402 Å². The van der Waals surface area contributed by atoms with Crippen LogP contribution in [0.3, 0.4) is 0 Å². The van der Waals surface area contributed by atoms with Crippen molar-refractivity contribution in [3.8, 4) is 45.3 Å². The molecule has 5 nitrogen and oxygen atoms in total. The maximum Gasteiger partial charge on any atom is 0.140 e. The number of para-hydroxylation sites is 8. The van der Waals surface area contributed by atoms with Gasteiger partial charge in [0.1, 0.15) is 11.6 Å². The van der Waals surface area contributed by atoms with Gasteiger partial charge in [-0.25, -0.2) is 4.98 Å². The summed E-state index contributed by atoms with van der Waals surface area (Å²) < 4.78 is 9.61. The summed E-state index contributed by atoms with van der Waals surface area (Å²) in [5.41, 5.74) is 15.7. The first kappa shape index (κ1) is 38.6. The van der Waals surface area contributed by atoms with E-state index in [-0.39, 0.29) is 0 Å². The van der Waals surface area contributed by atoms with Crippen molar-refractivity contribution in [2.24, 2.45) is 0 Å². The number of benzene rings is 10. The molecule has 0 aliphatic carbocycles. The van der Waals surface area contributed by atoms with E-state index in [4.69, 9.17) is 4.98 Å². The number of pyridine rings is 1. The van der Waals surface area contributed by atoms with Crippen LogP contribution in [0.25, 0.3) is 132 Å². The molecule has 15 aromatic rings. The molecule has 10 aromatic carbocycles. The molecule has 5 heterocycles. The molecule has 0 atom stereocenters. The lowest BCUT2D eigenvalue weighted by Crippen LogP contribution is -2.06. The molecule has 5 heteroatoms. The fraction of sp³-hybridized carbons (Fsp3) is 0. The summed E-state index contributed by atoms with van der Waals surface area (Å²) in [5.74, 6) is 1.68. The minimum Gasteiger partial charge on any atom is -0.309 e. The Hall–Kier alpha value is -9.45. The summed E-state index contributed by atoms with van der Waals surface area (Å²) in [6.07, 6.45) is 0. The molecular formula is C65H41N5. The third-order valence-corrected chi connectivity index (χ3v) is 14.6. The Morgan fingerprint density at radius 2 is 0.614 bits per heavy atom. The van der Waals surface area contributed by atoms with Crippen molar-refractivity contribution in [2.75, 3.05) is 0 Å². The average molecular weight is 892 g/mol. The fourth-order valence-corrected chi connectivity index (χ4v) is 11.7. The number of nitrogens with zero attached hydrogens (tertiary/aromatic N) is 5. The van der Waals surface area contributed by atoms with Crippen molar-refractivity contribution in [1.29, 1.82) is 0 Å². The van der Waals surface area contributed by atoms with Crippen LogP contribution in [0.5, 0.6) is 0 Å². The van der Waals surface area contributed by atoms with Gasteiger partial charge in [-0.05, 0) is 95.6 Å². The lowest BCUT2D eigenvalue weighted by atomic mass is 9.92. The topological polar surface area (TPSA) is 32.6 Å². The molecule has 0 aliphatic rings. The van der Waals surface area contributed by atoms with Crippen LogP contribution in [0.1, 0.15) is 0 Å². The molecule has 0 bridgehead atoms. The quantitative estimate of drug-likeness (QED) is 0.164. The summed E-state index contributed by atoms with van der Waals surface area (Å²) in [4.78, 5) is 5.77. The van der Waals surface area contributed by atoms with E-state index in [1.807, 2.05) is 0 Å². The highest BCUT2D eigenvalue weighted by Gasteiger charge is 2.24. The van der Waals surface area contributed by atoms with Gasteiger partial charge in [0.25, 0.3) is 0 Å². The monoisotopic (exact) mass is 891 g/mol. The zero-order chi connectivity index (χ0) is 45.9. The second-order valence-electron chi connectivity index (χ2n) is 18.3. The Morgan fingerprint density at radius 1 is 0.243 bits per heavy atom. The van der Waals surface area contributed by atoms with Gasteiger partial charge in [0.2, 0.25) is 0 Å². The van der Waals surface area contributed by atoms with Crippen LogP contribution >= 0.6 is 0 Å². The molecule has 0 spiro atoms. The minimum atomic E-state index is 0.842. The molecule has 0 aliphatic heterocycles.